The summed E-state index contributed by atoms with van der Waals surface area (Å²) in [5.41, 5.74) is 0. The average molecular weight is 246 g/mol. The maximum absolute atomic E-state index is 5.28. The van der Waals surface area contributed by atoms with Gasteiger partial charge < -0.3 is 15.0 Å². The van der Waals surface area contributed by atoms with Gasteiger partial charge in [0.05, 0.1) is 6.61 Å². The maximum Gasteiger partial charge on any atom is 0.0590 e. The monoisotopic (exact) mass is 246 g/mol. The molecular weight excluding hydrogens is 220 g/mol. The van der Waals surface area contributed by atoms with Crippen molar-refractivity contribution in [1.29, 1.82) is 0 Å². The summed E-state index contributed by atoms with van der Waals surface area (Å²) < 4.78 is 5.28. The number of nitrogens with zero attached hydrogens (tertiary/aromatic N) is 1. The minimum absolute atomic E-state index is 0.823. The third kappa shape index (κ3) is 6.09. The van der Waals surface area contributed by atoms with Gasteiger partial charge in [0.2, 0.25) is 0 Å². The van der Waals surface area contributed by atoms with Crippen LogP contribution in [-0.2, 0) is 4.74 Å². The lowest BCUT2D eigenvalue weighted by molar-refractivity contribution is 0.148. The second kappa shape index (κ2) is 9.28. The first kappa shape index (κ1) is 14.3. The van der Waals surface area contributed by atoms with Crippen LogP contribution in [0.1, 0.15) is 20.3 Å². The number of ether oxygens (including phenoxy) is 1. The van der Waals surface area contributed by atoms with Crippen LogP contribution in [0.3, 0.4) is 0 Å². The number of hydrogen-bond acceptors (Lipinski definition) is 4. The third-order valence-electron chi connectivity index (χ3n) is 2.91. The summed E-state index contributed by atoms with van der Waals surface area (Å²) in [6, 6.07) is 0. The first-order chi connectivity index (χ1) is 7.86. The van der Waals surface area contributed by atoms with E-state index in [1.54, 1.807) is 0 Å². The van der Waals surface area contributed by atoms with Gasteiger partial charge >= 0.3 is 0 Å². The van der Waals surface area contributed by atoms with Crippen LogP contribution in [0.2, 0.25) is 0 Å². The van der Waals surface area contributed by atoms with Gasteiger partial charge in [-0.05, 0) is 13.3 Å². The summed E-state index contributed by atoms with van der Waals surface area (Å²) in [6.07, 6.45) is 1.30. The van der Waals surface area contributed by atoms with Crippen molar-refractivity contribution in [3.8, 4) is 0 Å². The molecule has 16 heavy (non-hydrogen) atoms. The van der Waals surface area contributed by atoms with Crippen LogP contribution in [0.4, 0.5) is 0 Å². The molecule has 0 saturated carbocycles. The van der Waals surface area contributed by atoms with Gasteiger partial charge in [0.25, 0.3) is 0 Å². The van der Waals surface area contributed by atoms with Crippen molar-refractivity contribution in [1.82, 2.24) is 10.2 Å². The quantitative estimate of drug-likeness (QED) is 0.655. The highest BCUT2D eigenvalue weighted by atomic mass is 32.2. The highest BCUT2D eigenvalue weighted by Gasteiger charge is 2.17. The zero-order valence-corrected chi connectivity index (χ0v) is 11.5. The Hall–Kier alpha value is 0.230. The number of hydrogen-bond donors (Lipinski definition) is 1. The van der Waals surface area contributed by atoms with Gasteiger partial charge in [-0.3, -0.25) is 0 Å². The largest absolute Gasteiger partial charge is 0.380 e. The first-order valence-electron chi connectivity index (χ1n) is 6.49. The highest BCUT2D eigenvalue weighted by Crippen LogP contribution is 2.20. The van der Waals surface area contributed by atoms with Gasteiger partial charge in [0, 0.05) is 50.3 Å². The minimum atomic E-state index is 0.823. The summed E-state index contributed by atoms with van der Waals surface area (Å²) in [7, 11) is 0. The normalized spacial score (nSPS) is 22.5. The van der Waals surface area contributed by atoms with Gasteiger partial charge in [-0.15, -0.1) is 0 Å². The zero-order chi connectivity index (χ0) is 11.6. The molecule has 0 aromatic carbocycles. The Balaban J connectivity index is 1.95. The van der Waals surface area contributed by atoms with Gasteiger partial charge in [0.1, 0.15) is 0 Å². The van der Waals surface area contributed by atoms with E-state index in [0.29, 0.717) is 0 Å². The molecular formula is C12H26N2OS. The topological polar surface area (TPSA) is 24.5 Å². The Bertz CT molecular complexity index is 169. The first-order valence-corrected chi connectivity index (χ1v) is 7.54. The molecule has 1 aliphatic heterocycles. The molecule has 1 N–H and O–H groups in total. The molecule has 0 aromatic rings. The average Bonchev–Trinajstić information content (AvgIpc) is 2.34. The van der Waals surface area contributed by atoms with Crippen molar-refractivity contribution < 1.29 is 4.74 Å². The van der Waals surface area contributed by atoms with Crippen molar-refractivity contribution in [2.75, 3.05) is 51.7 Å². The summed E-state index contributed by atoms with van der Waals surface area (Å²) in [5, 5.41) is 4.29. The minimum Gasteiger partial charge on any atom is -0.380 e. The molecule has 0 aromatic heterocycles. The van der Waals surface area contributed by atoms with E-state index in [4.69, 9.17) is 4.74 Å². The van der Waals surface area contributed by atoms with Gasteiger partial charge in [-0.2, -0.15) is 11.8 Å². The van der Waals surface area contributed by atoms with Crippen molar-refractivity contribution in [3.05, 3.63) is 0 Å². The molecule has 1 unspecified atom stereocenters. The van der Waals surface area contributed by atoms with E-state index in [1.807, 2.05) is 6.92 Å². The Morgan fingerprint density at radius 1 is 1.38 bits per heavy atom. The lowest BCUT2D eigenvalue weighted by atomic mass is 10.3. The molecule has 1 heterocycles. The maximum atomic E-state index is 5.28. The fourth-order valence-electron chi connectivity index (χ4n) is 1.88. The van der Waals surface area contributed by atoms with Crippen LogP contribution in [0, 0.1) is 0 Å². The molecule has 1 fully saturated rings. The van der Waals surface area contributed by atoms with Crippen LogP contribution >= 0.6 is 11.8 Å². The Morgan fingerprint density at radius 3 is 3.00 bits per heavy atom. The molecule has 3 nitrogen and oxygen atoms in total. The SMILES string of the molecule is CCOCCNCCN1CCSC(CC)C1. The fraction of sp³-hybridized carbons (Fsp3) is 1.00. The van der Waals surface area contributed by atoms with Crippen molar-refractivity contribution in [2.45, 2.75) is 25.5 Å². The second-order valence-electron chi connectivity index (χ2n) is 4.15. The number of rotatable bonds is 8. The van der Waals surface area contributed by atoms with Crippen molar-refractivity contribution in [3.63, 3.8) is 0 Å². The molecule has 1 rings (SSSR count). The standard InChI is InChI=1S/C12H26N2OS/c1-3-12-11-14(8-10-16-12)7-5-13-6-9-15-4-2/h12-13H,3-11H2,1-2H3. The van der Waals surface area contributed by atoms with E-state index in [0.717, 1.165) is 31.6 Å². The smallest absolute Gasteiger partial charge is 0.0590 e. The molecule has 0 amide bonds. The zero-order valence-electron chi connectivity index (χ0n) is 10.7. The molecule has 1 saturated heterocycles. The fourth-order valence-corrected chi connectivity index (χ4v) is 3.13. The van der Waals surface area contributed by atoms with Crippen LogP contribution in [0.25, 0.3) is 0 Å². The lowest BCUT2D eigenvalue weighted by Crippen LogP contribution is -2.41. The third-order valence-corrected chi connectivity index (χ3v) is 4.28. The molecule has 4 heteroatoms. The second-order valence-corrected chi connectivity index (χ2v) is 5.56. The molecule has 1 atom stereocenters. The summed E-state index contributed by atoms with van der Waals surface area (Å²) in [5.74, 6) is 1.30. The van der Waals surface area contributed by atoms with E-state index in [9.17, 15) is 0 Å². The molecule has 1 aliphatic rings. The van der Waals surface area contributed by atoms with Crippen molar-refractivity contribution >= 4 is 11.8 Å². The van der Waals surface area contributed by atoms with Crippen LogP contribution in [0.5, 0.6) is 0 Å². The van der Waals surface area contributed by atoms with E-state index < -0.39 is 0 Å². The predicted molar refractivity (Wildman–Crippen MR) is 72.3 cm³/mol. The van der Waals surface area contributed by atoms with Crippen molar-refractivity contribution in [2.24, 2.45) is 0 Å². The summed E-state index contributed by atoms with van der Waals surface area (Å²) in [4.78, 5) is 2.58. The van der Waals surface area contributed by atoms with Gasteiger partial charge in [0.15, 0.2) is 0 Å². The summed E-state index contributed by atoms with van der Waals surface area (Å²) in [6.45, 7) is 11.8. The number of thioether (sulfide) groups is 1. The molecule has 0 bridgehead atoms. The lowest BCUT2D eigenvalue weighted by Gasteiger charge is -2.31. The molecule has 0 radical (unpaired) electrons. The molecule has 0 aliphatic carbocycles. The number of nitrogens with one attached hydrogen (secondary N) is 1. The van der Waals surface area contributed by atoms with E-state index in [1.165, 1.54) is 31.8 Å². The Morgan fingerprint density at radius 2 is 2.25 bits per heavy atom. The van der Waals surface area contributed by atoms with Gasteiger partial charge in [-0.1, -0.05) is 6.92 Å². The molecule has 0 spiro atoms. The summed E-state index contributed by atoms with van der Waals surface area (Å²) >= 11 is 2.14. The predicted octanol–water partition coefficient (Wildman–Crippen LogP) is 1.44. The Labute approximate surface area is 104 Å². The van der Waals surface area contributed by atoms with Crippen LogP contribution in [0.15, 0.2) is 0 Å². The van der Waals surface area contributed by atoms with Crippen LogP contribution in [-0.4, -0.2) is 61.8 Å². The van der Waals surface area contributed by atoms with E-state index in [-0.39, 0.29) is 0 Å². The highest BCUT2D eigenvalue weighted by molar-refractivity contribution is 8.00. The van der Waals surface area contributed by atoms with Gasteiger partial charge in [-0.25, -0.2) is 0 Å². The van der Waals surface area contributed by atoms with Crippen LogP contribution < -0.4 is 5.32 Å². The van der Waals surface area contributed by atoms with E-state index >= 15 is 0 Å². The molecule has 96 valence electrons. The van der Waals surface area contributed by atoms with E-state index in [2.05, 4.69) is 28.9 Å². The Kier molecular flexibility index (Phi) is 8.29.